The molecule has 0 radical (unpaired) electrons. The lowest BCUT2D eigenvalue weighted by molar-refractivity contribution is -0.122. The molecule has 0 aromatic heterocycles. The molecule has 7 heteroatoms. The molecule has 2 N–H and O–H groups in total. The van der Waals surface area contributed by atoms with Crippen molar-refractivity contribution in [2.75, 3.05) is 72.5 Å². The van der Waals surface area contributed by atoms with Crippen LogP contribution < -0.4 is 10.6 Å². The van der Waals surface area contributed by atoms with Gasteiger partial charge in [0.1, 0.15) is 0 Å². The number of likely N-dealkylation sites (tertiary alicyclic amines) is 2. The van der Waals surface area contributed by atoms with Crippen molar-refractivity contribution in [3.8, 4) is 0 Å². The monoisotopic (exact) mass is 479 g/mol. The molecule has 0 aliphatic carbocycles. The Labute approximate surface area is 209 Å². The second kappa shape index (κ2) is 15.0. The molecule has 2 heterocycles. The quantitative estimate of drug-likeness (QED) is 0.425. The standard InChI is InChI=1S/C27H53N5O2/c1-6-28-25(33)11-19-31-15-7-23(8-16-31)24-9-17-32(18-10-24)20-12-26(34)29-14-22-30(5)21-13-27(2,3)4/h23-24H,6-22H2,1-5H3,(H,28,33)(H,29,34). The minimum Gasteiger partial charge on any atom is -0.356 e. The van der Waals surface area contributed by atoms with Crippen LogP contribution in [0.3, 0.4) is 0 Å². The van der Waals surface area contributed by atoms with E-state index in [4.69, 9.17) is 0 Å². The number of rotatable bonds is 13. The Morgan fingerprint density at radius 2 is 1.29 bits per heavy atom. The third-order valence-electron chi connectivity index (χ3n) is 7.67. The minimum absolute atomic E-state index is 0.175. The first-order valence-electron chi connectivity index (χ1n) is 13.8. The van der Waals surface area contributed by atoms with E-state index in [1.165, 1.54) is 32.1 Å². The molecule has 0 atom stereocenters. The number of nitrogens with one attached hydrogen (secondary N) is 2. The van der Waals surface area contributed by atoms with Gasteiger partial charge in [-0.1, -0.05) is 20.8 Å². The van der Waals surface area contributed by atoms with Crippen LogP contribution in [0.4, 0.5) is 0 Å². The molecule has 34 heavy (non-hydrogen) atoms. The zero-order chi connectivity index (χ0) is 25.0. The topological polar surface area (TPSA) is 67.9 Å². The van der Waals surface area contributed by atoms with Crippen molar-refractivity contribution < 1.29 is 9.59 Å². The molecule has 0 spiro atoms. The molecule has 0 unspecified atom stereocenters. The summed E-state index contributed by atoms with van der Waals surface area (Å²) in [5.74, 6) is 2.03. The summed E-state index contributed by atoms with van der Waals surface area (Å²) < 4.78 is 0. The molecular formula is C27H53N5O2. The Bertz CT molecular complexity index is 590. The van der Waals surface area contributed by atoms with E-state index < -0.39 is 0 Å². The Morgan fingerprint density at radius 1 is 0.824 bits per heavy atom. The van der Waals surface area contributed by atoms with E-state index >= 15 is 0 Å². The van der Waals surface area contributed by atoms with Gasteiger partial charge in [0.2, 0.25) is 11.8 Å². The number of amides is 2. The minimum atomic E-state index is 0.175. The third kappa shape index (κ3) is 12.0. The largest absolute Gasteiger partial charge is 0.356 e. The van der Waals surface area contributed by atoms with Crippen LogP contribution in [0.5, 0.6) is 0 Å². The predicted octanol–water partition coefficient (Wildman–Crippen LogP) is 2.81. The SMILES string of the molecule is CCNC(=O)CCN1CCC(C2CCN(CCC(=O)NCCN(C)CCC(C)(C)C)CC2)CC1. The van der Waals surface area contributed by atoms with Crippen LogP contribution in [0.1, 0.15) is 72.6 Å². The van der Waals surface area contributed by atoms with Gasteiger partial charge in [-0.25, -0.2) is 0 Å². The third-order valence-corrected chi connectivity index (χ3v) is 7.67. The van der Waals surface area contributed by atoms with Gasteiger partial charge in [0.05, 0.1) is 0 Å². The number of hydrogen-bond donors (Lipinski definition) is 2. The molecule has 2 fully saturated rings. The summed E-state index contributed by atoms with van der Waals surface area (Å²) in [6.07, 6.45) is 7.48. The second-order valence-corrected chi connectivity index (χ2v) is 11.8. The van der Waals surface area contributed by atoms with E-state index in [-0.39, 0.29) is 11.8 Å². The van der Waals surface area contributed by atoms with Crippen LogP contribution >= 0.6 is 0 Å². The van der Waals surface area contributed by atoms with Crippen LogP contribution in [0, 0.1) is 17.3 Å². The summed E-state index contributed by atoms with van der Waals surface area (Å²) >= 11 is 0. The molecule has 2 aliphatic heterocycles. The molecule has 198 valence electrons. The van der Waals surface area contributed by atoms with Crippen molar-refractivity contribution in [2.24, 2.45) is 17.3 Å². The fourth-order valence-electron chi connectivity index (χ4n) is 5.21. The van der Waals surface area contributed by atoms with Gasteiger partial charge in [-0.3, -0.25) is 9.59 Å². The predicted molar refractivity (Wildman–Crippen MR) is 141 cm³/mol. The van der Waals surface area contributed by atoms with E-state index in [2.05, 4.69) is 53.2 Å². The number of nitrogens with zero attached hydrogens (tertiary/aromatic N) is 3. The highest BCUT2D eigenvalue weighted by Crippen LogP contribution is 2.32. The van der Waals surface area contributed by atoms with Crippen LogP contribution in [-0.4, -0.2) is 99.0 Å². The maximum absolute atomic E-state index is 12.3. The van der Waals surface area contributed by atoms with E-state index in [0.717, 1.165) is 77.3 Å². The molecule has 2 saturated heterocycles. The lowest BCUT2D eigenvalue weighted by Gasteiger charge is -2.40. The lowest BCUT2D eigenvalue weighted by Crippen LogP contribution is -2.42. The summed E-state index contributed by atoms with van der Waals surface area (Å²) in [6.45, 7) is 18.5. The summed E-state index contributed by atoms with van der Waals surface area (Å²) in [5.41, 5.74) is 0.357. The summed E-state index contributed by atoms with van der Waals surface area (Å²) in [7, 11) is 2.14. The van der Waals surface area contributed by atoms with Gasteiger partial charge in [0, 0.05) is 45.6 Å². The highest BCUT2D eigenvalue weighted by Gasteiger charge is 2.29. The van der Waals surface area contributed by atoms with Gasteiger partial charge < -0.3 is 25.3 Å². The van der Waals surface area contributed by atoms with Gasteiger partial charge in [-0.05, 0) is 96.1 Å². The molecule has 7 nitrogen and oxygen atoms in total. The smallest absolute Gasteiger partial charge is 0.221 e. The van der Waals surface area contributed by atoms with Crippen molar-refractivity contribution in [3.05, 3.63) is 0 Å². The number of carbonyl (C=O) groups excluding carboxylic acids is 2. The summed E-state index contributed by atoms with van der Waals surface area (Å²) in [4.78, 5) is 31.2. The highest BCUT2D eigenvalue weighted by atomic mass is 16.2. The Hall–Kier alpha value is -1.18. The van der Waals surface area contributed by atoms with Gasteiger partial charge in [-0.2, -0.15) is 0 Å². The number of piperidine rings is 2. The maximum atomic E-state index is 12.3. The summed E-state index contributed by atoms with van der Waals surface area (Å²) in [5, 5.41) is 6.00. The van der Waals surface area contributed by atoms with Gasteiger partial charge in [0.15, 0.2) is 0 Å². The van der Waals surface area contributed by atoms with Crippen molar-refractivity contribution >= 4 is 11.8 Å². The molecule has 2 rings (SSSR count). The molecule has 2 amide bonds. The number of likely N-dealkylation sites (N-methyl/N-ethyl adjacent to an activating group) is 1. The van der Waals surface area contributed by atoms with E-state index in [0.29, 0.717) is 18.3 Å². The normalized spacial score (nSPS) is 19.5. The Kier molecular flexibility index (Phi) is 12.9. The first kappa shape index (κ1) is 29.1. The molecule has 0 saturated carbocycles. The van der Waals surface area contributed by atoms with Crippen molar-refractivity contribution in [1.29, 1.82) is 0 Å². The van der Waals surface area contributed by atoms with Crippen LogP contribution in [0.25, 0.3) is 0 Å². The van der Waals surface area contributed by atoms with Crippen LogP contribution in [0.2, 0.25) is 0 Å². The fraction of sp³-hybridized carbons (Fsp3) is 0.926. The van der Waals surface area contributed by atoms with E-state index in [9.17, 15) is 9.59 Å². The zero-order valence-corrected chi connectivity index (χ0v) is 22.8. The van der Waals surface area contributed by atoms with E-state index in [1.54, 1.807) is 0 Å². The van der Waals surface area contributed by atoms with Gasteiger partial charge in [0.25, 0.3) is 0 Å². The average molecular weight is 480 g/mol. The average Bonchev–Trinajstić information content (AvgIpc) is 2.80. The number of carbonyl (C=O) groups is 2. The lowest BCUT2D eigenvalue weighted by atomic mass is 9.79. The van der Waals surface area contributed by atoms with Gasteiger partial charge >= 0.3 is 0 Å². The van der Waals surface area contributed by atoms with Crippen molar-refractivity contribution in [2.45, 2.75) is 72.6 Å². The first-order chi connectivity index (χ1) is 16.2. The molecule has 0 aromatic rings. The zero-order valence-electron chi connectivity index (χ0n) is 22.8. The molecule has 0 aromatic carbocycles. The maximum Gasteiger partial charge on any atom is 0.221 e. The number of hydrogen-bond acceptors (Lipinski definition) is 5. The fourth-order valence-corrected chi connectivity index (χ4v) is 5.21. The van der Waals surface area contributed by atoms with Gasteiger partial charge in [-0.15, -0.1) is 0 Å². The molecule has 2 aliphatic rings. The molecule has 0 bridgehead atoms. The molecular weight excluding hydrogens is 426 g/mol. The summed E-state index contributed by atoms with van der Waals surface area (Å²) in [6, 6.07) is 0. The highest BCUT2D eigenvalue weighted by molar-refractivity contribution is 5.76. The first-order valence-corrected chi connectivity index (χ1v) is 13.8. The van der Waals surface area contributed by atoms with Crippen LogP contribution in [-0.2, 0) is 9.59 Å². The van der Waals surface area contributed by atoms with E-state index in [1.807, 2.05) is 6.92 Å². The Morgan fingerprint density at radius 3 is 1.74 bits per heavy atom. The Balaban J connectivity index is 1.52. The van der Waals surface area contributed by atoms with Crippen molar-refractivity contribution in [1.82, 2.24) is 25.3 Å². The second-order valence-electron chi connectivity index (χ2n) is 11.8. The van der Waals surface area contributed by atoms with Crippen molar-refractivity contribution in [3.63, 3.8) is 0 Å². The van der Waals surface area contributed by atoms with Crippen LogP contribution in [0.15, 0.2) is 0 Å².